The number of carbonyl (C=O) groups is 2. The van der Waals surface area contributed by atoms with Crippen molar-refractivity contribution >= 4 is 50.7 Å². The highest BCUT2D eigenvalue weighted by Gasteiger charge is 2.34. The first-order valence-corrected chi connectivity index (χ1v) is 15.8. The minimum Gasteiger partial charge on any atom is -0.497 e. The number of amides is 2. The van der Waals surface area contributed by atoms with Crippen LogP contribution in [0, 0.1) is 0 Å². The van der Waals surface area contributed by atoms with Crippen LogP contribution in [-0.2, 0) is 32.6 Å². The molecule has 1 unspecified atom stereocenters. The summed E-state index contributed by atoms with van der Waals surface area (Å²) in [5, 5.41) is 3.50. The summed E-state index contributed by atoms with van der Waals surface area (Å²) in [5.41, 5.74) is 1.35. The lowest BCUT2D eigenvalue weighted by Crippen LogP contribution is -2.53. The molecule has 0 aliphatic heterocycles. The van der Waals surface area contributed by atoms with Gasteiger partial charge >= 0.3 is 0 Å². The van der Waals surface area contributed by atoms with E-state index < -0.39 is 28.5 Å². The van der Waals surface area contributed by atoms with E-state index in [0.29, 0.717) is 34.3 Å². The lowest BCUT2D eigenvalue weighted by atomic mass is 10.0. The van der Waals surface area contributed by atoms with Gasteiger partial charge in [0.25, 0.3) is 0 Å². The molecule has 3 aromatic carbocycles. The molecule has 0 aliphatic carbocycles. The van der Waals surface area contributed by atoms with E-state index in [2.05, 4.69) is 5.32 Å². The molecule has 0 bridgehead atoms. The number of carbonyl (C=O) groups excluding carboxylic acids is 2. The van der Waals surface area contributed by atoms with Crippen molar-refractivity contribution in [3.63, 3.8) is 0 Å². The topological polar surface area (TPSA) is 105 Å². The zero-order valence-corrected chi connectivity index (χ0v) is 26.3. The summed E-state index contributed by atoms with van der Waals surface area (Å²) in [6, 6.07) is 17.8. The van der Waals surface area contributed by atoms with Gasteiger partial charge in [-0.15, -0.1) is 0 Å². The van der Waals surface area contributed by atoms with Crippen LogP contribution in [0.1, 0.15) is 24.5 Å². The van der Waals surface area contributed by atoms with Crippen molar-refractivity contribution < 1.29 is 27.5 Å². The Labute approximate surface area is 257 Å². The van der Waals surface area contributed by atoms with Gasteiger partial charge in [0, 0.05) is 41.2 Å². The van der Waals surface area contributed by atoms with Gasteiger partial charge in [-0.1, -0.05) is 66.5 Å². The van der Waals surface area contributed by atoms with E-state index in [0.717, 1.165) is 16.1 Å². The molecule has 12 heteroatoms. The van der Waals surface area contributed by atoms with Gasteiger partial charge < -0.3 is 19.7 Å². The highest BCUT2D eigenvalue weighted by atomic mass is 35.5. The maximum Gasteiger partial charge on any atom is 0.244 e. The lowest BCUT2D eigenvalue weighted by molar-refractivity contribution is -0.140. The average molecular weight is 637 g/mol. The van der Waals surface area contributed by atoms with Crippen molar-refractivity contribution in [2.45, 2.75) is 32.4 Å². The second kappa shape index (κ2) is 15.1. The minimum atomic E-state index is -4.01. The van der Waals surface area contributed by atoms with Crippen molar-refractivity contribution in [2.75, 3.05) is 37.9 Å². The van der Waals surface area contributed by atoms with E-state index in [1.807, 2.05) is 37.3 Å². The molecule has 1 N–H and O–H groups in total. The van der Waals surface area contributed by atoms with Gasteiger partial charge in [0.2, 0.25) is 21.8 Å². The minimum absolute atomic E-state index is 0.110. The fraction of sp³-hybridized carbons (Fsp3) is 0.333. The molecule has 226 valence electrons. The maximum absolute atomic E-state index is 14.2. The first-order chi connectivity index (χ1) is 20.0. The number of hydrogen-bond acceptors (Lipinski definition) is 6. The second-order valence-corrected chi connectivity index (χ2v) is 12.2. The number of anilines is 1. The van der Waals surface area contributed by atoms with E-state index in [-0.39, 0.29) is 30.3 Å². The predicted octanol–water partition coefficient (Wildman–Crippen LogP) is 4.94. The molecule has 0 radical (unpaired) electrons. The molecule has 3 rings (SSSR count). The Bertz CT molecular complexity index is 1470. The third-order valence-corrected chi connectivity index (χ3v) is 8.38. The Morgan fingerprint density at radius 3 is 2.19 bits per heavy atom. The molecule has 9 nitrogen and oxygen atoms in total. The Balaban J connectivity index is 2.14. The molecule has 0 spiro atoms. The number of hydrogen-bond donors (Lipinski definition) is 1. The van der Waals surface area contributed by atoms with Gasteiger partial charge in [0.1, 0.15) is 24.1 Å². The molecule has 0 aliphatic rings. The standard InChI is InChI=1S/C30H35Cl2N3O6S/c1-5-16-33-30(37)27(17-21-10-7-6-8-11-21)34(19-23-24(31)12-9-13-25(23)32)29(36)20-35(42(4,38)39)26-18-22(40-2)14-15-28(26)41-3/h6-15,18,27H,5,16-17,19-20H2,1-4H3,(H,33,37). The summed E-state index contributed by atoms with van der Waals surface area (Å²) in [5.74, 6) is -0.445. The van der Waals surface area contributed by atoms with Gasteiger partial charge in [0.15, 0.2) is 0 Å². The van der Waals surface area contributed by atoms with Crippen LogP contribution in [0.15, 0.2) is 66.7 Å². The van der Waals surface area contributed by atoms with Crippen molar-refractivity contribution in [1.82, 2.24) is 10.2 Å². The SMILES string of the molecule is CCCNC(=O)C(Cc1ccccc1)N(Cc1c(Cl)cccc1Cl)C(=O)CN(c1cc(OC)ccc1OC)S(C)(=O)=O. The first-order valence-electron chi connectivity index (χ1n) is 13.2. The lowest BCUT2D eigenvalue weighted by Gasteiger charge is -2.34. The van der Waals surface area contributed by atoms with Gasteiger partial charge in [-0.05, 0) is 36.2 Å². The summed E-state index contributed by atoms with van der Waals surface area (Å²) < 4.78 is 37.8. The van der Waals surface area contributed by atoms with Crippen LogP contribution in [0.25, 0.3) is 0 Å². The van der Waals surface area contributed by atoms with Crippen LogP contribution in [0.4, 0.5) is 5.69 Å². The summed E-state index contributed by atoms with van der Waals surface area (Å²) in [6.07, 6.45) is 1.85. The Morgan fingerprint density at radius 1 is 0.952 bits per heavy atom. The van der Waals surface area contributed by atoms with Crippen molar-refractivity contribution in [3.8, 4) is 11.5 Å². The van der Waals surface area contributed by atoms with E-state index in [4.69, 9.17) is 32.7 Å². The Morgan fingerprint density at radius 2 is 1.62 bits per heavy atom. The summed E-state index contributed by atoms with van der Waals surface area (Å²) in [7, 11) is -1.17. The molecule has 3 aromatic rings. The Kier molecular flexibility index (Phi) is 11.9. The van der Waals surface area contributed by atoms with Crippen LogP contribution in [0.3, 0.4) is 0 Å². The van der Waals surface area contributed by atoms with Crippen LogP contribution in [-0.4, -0.2) is 64.7 Å². The number of halogens is 2. The summed E-state index contributed by atoms with van der Waals surface area (Å²) in [6.45, 7) is 1.55. The summed E-state index contributed by atoms with van der Waals surface area (Å²) in [4.78, 5) is 29.2. The molecule has 0 saturated carbocycles. The molecular formula is C30H35Cl2N3O6S. The number of methoxy groups -OCH3 is 2. The van der Waals surface area contributed by atoms with Gasteiger partial charge in [-0.2, -0.15) is 0 Å². The quantitative estimate of drug-likeness (QED) is 0.269. The largest absolute Gasteiger partial charge is 0.497 e. The third kappa shape index (κ3) is 8.53. The summed E-state index contributed by atoms with van der Waals surface area (Å²) >= 11 is 13.0. The van der Waals surface area contributed by atoms with Crippen LogP contribution in [0.2, 0.25) is 10.0 Å². The van der Waals surface area contributed by atoms with Gasteiger partial charge in [-0.3, -0.25) is 13.9 Å². The number of rotatable bonds is 14. The van der Waals surface area contributed by atoms with Gasteiger partial charge in [0.05, 0.1) is 26.2 Å². The Hall–Kier alpha value is -3.47. The number of nitrogens with zero attached hydrogens (tertiary/aromatic N) is 2. The molecule has 0 fully saturated rings. The van der Waals surface area contributed by atoms with Crippen molar-refractivity contribution in [3.05, 3.63) is 87.9 Å². The molecule has 0 heterocycles. The van der Waals surface area contributed by atoms with Gasteiger partial charge in [-0.25, -0.2) is 8.42 Å². The normalized spacial score (nSPS) is 11.9. The van der Waals surface area contributed by atoms with Crippen molar-refractivity contribution in [2.24, 2.45) is 0 Å². The monoisotopic (exact) mass is 635 g/mol. The number of sulfonamides is 1. The molecular weight excluding hydrogens is 601 g/mol. The zero-order valence-electron chi connectivity index (χ0n) is 24.0. The highest BCUT2D eigenvalue weighted by Crippen LogP contribution is 2.34. The van der Waals surface area contributed by atoms with Crippen LogP contribution < -0.4 is 19.1 Å². The van der Waals surface area contributed by atoms with E-state index in [1.54, 1.807) is 30.3 Å². The fourth-order valence-corrected chi connectivity index (χ4v) is 5.72. The molecule has 0 saturated heterocycles. The van der Waals surface area contributed by atoms with Crippen LogP contribution >= 0.6 is 23.2 Å². The first kappa shape index (κ1) is 33.0. The number of benzene rings is 3. The molecule has 0 aromatic heterocycles. The molecule has 1 atom stereocenters. The number of nitrogens with one attached hydrogen (secondary N) is 1. The second-order valence-electron chi connectivity index (χ2n) is 9.53. The van der Waals surface area contributed by atoms with E-state index in [9.17, 15) is 18.0 Å². The van der Waals surface area contributed by atoms with E-state index >= 15 is 0 Å². The van der Waals surface area contributed by atoms with Crippen molar-refractivity contribution in [1.29, 1.82) is 0 Å². The predicted molar refractivity (Wildman–Crippen MR) is 166 cm³/mol. The fourth-order valence-electron chi connectivity index (χ4n) is 4.36. The van der Waals surface area contributed by atoms with E-state index in [1.165, 1.54) is 25.2 Å². The molecule has 2 amide bonds. The average Bonchev–Trinajstić information content (AvgIpc) is 2.97. The smallest absolute Gasteiger partial charge is 0.244 e. The number of ether oxygens (including phenoxy) is 2. The zero-order chi connectivity index (χ0) is 30.9. The third-order valence-electron chi connectivity index (χ3n) is 6.54. The van der Waals surface area contributed by atoms with Crippen LogP contribution in [0.5, 0.6) is 11.5 Å². The maximum atomic E-state index is 14.2. The highest BCUT2D eigenvalue weighted by molar-refractivity contribution is 7.92. The molecule has 42 heavy (non-hydrogen) atoms.